The maximum Gasteiger partial charge on any atom is 0.158 e. The Morgan fingerprint density at radius 1 is 1.25 bits per heavy atom. The van der Waals surface area contributed by atoms with Crippen LogP contribution >= 0.6 is 0 Å². The monoisotopic (exact) mass is 216 g/mol. The maximum atomic E-state index is 11.1. The van der Waals surface area contributed by atoms with E-state index >= 15 is 0 Å². The lowest BCUT2D eigenvalue weighted by atomic mass is 9.98. The number of ketones is 1. The number of hydrogen-bond donors (Lipinski definition) is 0. The highest BCUT2D eigenvalue weighted by Crippen LogP contribution is 2.28. The number of benzene rings is 1. The third kappa shape index (κ3) is 2.39. The number of allylic oxidation sites excluding steroid dienone is 1. The first-order valence-electron chi connectivity index (χ1n) is 5.52. The first kappa shape index (κ1) is 11.1. The zero-order valence-corrected chi connectivity index (χ0v) is 9.64. The van der Waals surface area contributed by atoms with Gasteiger partial charge in [0.25, 0.3) is 0 Å². The molecule has 0 saturated carbocycles. The highest BCUT2D eigenvalue weighted by atomic mass is 16.5. The van der Waals surface area contributed by atoms with Crippen molar-refractivity contribution < 1.29 is 9.53 Å². The Bertz CT molecular complexity index is 404. The van der Waals surface area contributed by atoms with Gasteiger partial charge in [-0.05, 0) is 25.5 Å². The molecular weight excluding hydrogens is 200 g/mol. The fourth-order valence-corrected chi connectivity index (χ4v) is 1.92. The predicted molar refractivity (Wildman–Crippen MR) is 63.1 cm³/mol. The second-order valence-electron chi connectivity index (χ2n) is 4.56. The van der Waals surface area contributed by atoms with Gasteiger partial charge in [0, 0.05) is 6.42 Å². The molecule has 0 fully saturated rings. The quantitative estimate of drug-likeness (QED) is 0.776. The summed E-state index contributed by atoms with van der Waals surface area (Å²) in [5.41, 5.74) is 0.767. The molecule has 2 rings (SSSR count). The van der Waals surface area contributed by atoms with Gasteiger partial charge in [0.05, 0.1) is 11.7 Å². The summed E-state index contributed by atoms with van der Waals surface area (Å²) in [5, 5.41) is 0. The van der Waals surface area contributed by atoms with Crippen LogP contribution in [0.1, 0.15) is 25.8 Å². The number of carbonyl (C=O) groups excluding carboxylic acids is 1. The third-order valence-corrected chi connectivity index (χ3v) is 2.81. The fourth-order valence-electron chi connectivity index (χ4n) is 1.92. The molecule has 0 amide bonds. The lowest BCUT2D eigenvalue weighted by Crippen LogP contribution is -2.27. The molecule has 1 atom stereocenters. The first-order chi connectivity index (χ1) is 7.58. The molecular formula is C14H16O2. The van der Waals surface area contributed by atoms with Crippen molar-refractivity contribution in [3.8, 4) is 0 Å². The summed E-state index contributed by atoms with van der Waals surface area (Å²) in [4.78, 5) is 11.1. The molecule has 0 aromatic heterocycles. The number of hydrogen-bond acceptors (Lipinski definition) is 2. The number of carbonyl (C=O) groups is 1. The van der Waals surface area contributed by atoms with Crippen LogP contribution in [-0.2, 0) is 15.1 Å². The third-order valence-electron chi connectivity index (χ3n) is 2.81. The number of ether oxygens (including phenoxy) is 1. The second kappa shape index (κ2) is 4.22. The van der Waals surface area contributed by atoms with Crippen LogP contribution in [0.15, 0.2) is 42.5 Å². The van der Waals surface area contributed by atoms with E-state index in [2.05, 4.69) is 0 Å². The second-order valence-corrected chi connectivity index (χ2v) is 4.56. The average molecular weight is 216 g/mol. The van der Waals surface area contributed by atoms with Gasteiger partial charge in [-0.2, -0.15) is 0 Å². The molecule has 84 valence electrons. The highest BCUT2D eigenvalue weighted by molar-refractivity contribution is 5.92. The Morgan fingerprint density at radius 2 is 1.94 bits per heavy atom. The largest absolute Gasteiger partial charge is 0.363 e. The van der Waals surface area contributed by atoms with Crippen LogP contribution in [0.4, 0.5) is 0 Å². The van der Waals surface area contributed by atoms with Gasteiger partial charge in [0.2, 0.25) is 0 Å². The first-order valence-corrected chi connectivity index (χ1v) is 5.52. The minimum atomic E-state index is -0.360. The summed E-state index contributed by atoms with van der Waals surface area (Å²) in [6.45, 7) is 4.05. The van der Waals surface area contributed by atoms with Crippen molar-refractivity contribution in [3.63, 3.8) is 0 Å². The topological polar surface area (TPSA) is 26.3 Å². The van der Waals surface area contributed by atoms with Crippen LogP contribution in [0.3, 0.4) is 0 Å². The Labute approximate surface area is 95.9 Å². The van der Waals surface area contributed by atoms with E-state index in [1.54, 1.807) is 6.08 Å². The number of rotatable bonds is 3. The van der Waals surface area contributed by atoms with Gasteiger partial charge in [-0.3, -0.25) is 4.79 Å². The minimum Gasteiger partial charge on any atom is -0.363 e. The van der Waals surface area contributed by atoms with E-state index in [0.717, 1.165) is 5.56 Å². The van der Waals surface area contributed by atoms with E-state index in [1.165, 1.54) is 0 Å². The lowest BCUT2D eigenvalue weighted by molar-refractivity contribution is -0.118. The summed E-state index contributed by atoms with van der Waals surface area (Å²) in [6.07, 6.45) is 3.83. The molecule has 16 heavy (non-hydrogen) atoms. The van der Waals surface area contributed by atoms with E-state index in [9.17, 15) is 4.79 Å². The van der Waals surface area contributed by atoms with Gasteiger partial charge >= 0.3 is 0 Å². The Balaban J connectivity index is 2.09. The molecule has 0 N–H and O–H groups in total. The van der Waals surface area contributed by atoms with Crippen molar-refractivity contribution in [1.29, 1.82) is 0 Å². The van der Waals surface area contributed by atoms with Crippen LogP contribution in [0, 0.1) is 0 Å². The Kier molecular flexibility index (Phi) is 2.92. The SMILES string of the molecule is CC(C)(O[C@H]1C=CC(=O)C1)c1ccccc1. The molecule has 0 radical (unpaired) electrons. The molecule has 0 aliphatic heterocycles. The van der Waals surface area contributed by atoms with Crippen molar-refractivity contribution in [3.05, 3.63) is 48.0 Å². The van der Waals surface area contributed by atoms with Crippen LogP contribution in [0.25, 0.3) is 0 Å². The van der Waals surface area contributed by atoms with Gasteiger partial charge in [0.1, 0.15) is 0 Å². The van der Waals surface area contributed by atoms with Crippen molar-refractivity contribution in [1.82, 2.24) is 0 Å². The molecule has 0 bridgehead atoms. The molecule has 0 spiro atoms. The average Bonchev–Trinajstić information content (AvgIpc) is 2.64. The Morgan fingerprint density at radius 3 is 2.50 bits per heavy atom. The summed E-state index contributed by atoms with van der Waals surface area (Å²) >= 11 is 0. The van der Waals surface area contributed by atoms with Crippen molar-refractivity contribution in [2.75, 3.05) is 0 Å². The van der Waals surface area contributed by atoms with Crippen molar-refractivity contribution in [2.45, 2.75) is 32.0 Å². The molecule has 0 saturated heterocycles. The van der Waals surface area contributed by atoms with E-state index < -0.39 is 0 Å². The van der Waals surface area contributed by atoms with Crippen molar-refractivity contribution >= 4 is 5.78 Å². The summed E-state index contributed by atoms with van der Waals surface area (Å²) in [7, 11) is 0. The lowest BCUT2D eigenvalue weighted by Gasteiger charge is -2.28. The van der Waals surface area contributed by atoms with E-state index in [1.807, 2.05) is 50.3 Å². The minimum absolute atomic E-state index is 0.0808. The molecule has 0 heterocycles. The van der Waals surface area contributed by atoms with Crippen LogP contribution in [0.2, 0.25) is 0 Å². The van der Waals surface area contributed by atoms with Gasteiger partial charge in [-0.15, -0.1) is 0 Å². The molecule has 1 aliphatic carbocycles. The zero-order chi connectivity index (χ0) is 11.6. The van der Waals surface area contributed by atoms with E-state index in [0.29, 0.717) is 6.42 Å². The summed E-state index contributed by atoms with van der Waals surface area (Å²) in [5.74, 6) is 0.147. The van der Waals surface area contributed by atoms with Gasteiger partial charge < -0.3 is 4.74 Å². The smallest absolute Gasteiger partial charge is 0.158 e. The zero-order valence-electron chi connectivity index (χ0n) is 9.64. The normalized spacial score (nSPS) is 20.4. The molecule has 2 heteroatoms. The van der Waals surface area contributed by atoms with E-state index in [-0.39, 0.29) is 17.5 Å². The van der Waals surface area contributed by atoms with Crippen LogP contribution in [0.5, 0.6) is 0 Å². The fraction of sp³-hybridized carbons (Fsp3) is 0.357. The molecule has 0 unspecified atom stereocenters. The summed E-state index contributed by atoms with van der Waals surface area (Å²) < 4.78 is 5.95. The molecule has 2 nitrogen and oxygen atoms in total. The molecule has 1 aliphatic rings. The van der Waals surface area contributed by atoms with Crippen molar-refractivity contribution in [2.24, 2.45) is 0 Å². The van der Waals surface area contributed by atoms with Crippen LogP contribution < -0.4 is 0 Å². The van der Waals surface area contributed by atoms with Crippen LogP contribution in [-0.4, -0.2) is 11.9 Å². The maximum absolute atomic E-state index is 11.1. The Hall–Kier alpha value is -1.41. The van der Waals surface area contributed by atoms with Gasteiger partial charge in [-0.25, -0.2) is 0 Å². The predicted octanol–water partition coefficient (Wildman–Crippen LogP) is 2.84. The highest BCUT2D eigenvalue weighted by Gasteiger charge is 2.27. The standard InChI is InChI=1S/C14H16O2/c1-14(2,11-6-4-3-5-7-11)16-13-9-8-12(15)10-13/h3-9,13H,10H2,1-2H3/t13-/m0/s1. The van der Waals surface area contributed by atoms with Gasteiger partial charge in [0.15, 0.2) is 5.78 Å². The van der Waals surface area contributed by atoms with Gasteiger partial charge in [-0.1, -0.05) is 36.4 Å². The molecule has 1 aromatic rings. The molecule has 1 aromatic carbocycles. The van der Waals surface area contributed by atoms with E-state index in [4.69, 9.17) is 4.74 Å². The summed E-state index contributed by atoms with van der Waals surface area (Å²) in [6, 6.07) is 10.1.